The van der Waals surface area contributed by atoms with E-state index in [0.717, 1.165) is 17.5 Å². The SMILES string of the molecule is CCc1ccc(CBr)c(CC(=O)O)c1C#N. The molecular formula is C12H12BrNO2. The van der Waals surface area contributed by atoms with E-state index in [-0.39, 0.29) is 6.42 Å². The van der Waals surface area contributed by atoms with E-state index < -0.39 is 5.97 Å². The van der Waals surface area contributed by atoms with Gasteiger partial charge in [0.25, 0.3) is 0 Å². The highest BCUT2D eigenvalue weighted by molar-refractivity contribution is 9.08. The van der Waals surface area contributed by atoms with Crippen LogP contribution in [0.1, 0.15) is 29.2 Å². The number of nitriles is 1. The van der Waals surface area contributed by atoms with Gasteiger partial charge in [0, 0.05) is 5.33 Å². The topological polar surface area (TPSA) is 61.1 Å². The molecule has 0 unspecified atom stereocenters. The molecule has 0 bridgehead atoms. The van der Waals surface area contributed by atoms with Crippen molar-refractivity contribution in [1.29, 1.82) is 5.26 Å². The quantitative estimate of drug-likeness (QED) is 0.863. The summed E-state index contributed by atoms with van der Waals surface area (Å²) in [5.41, 5.74) is 2.92. The Kier molecular flexibility index (Phi) is 4.51. The van der Waals surface area contributed by atoms with Gasteiger partial charge in [0.2, 0.25) is 0 Å². The summed E-state index contributed by atoms with van der Waals surface area (Å²) in [5.74, 6) is -0.910. The molecule has 0 aliphatic heterocycles. The molecule has 0 saturated carbocycles. The molecule has 84 valence electrons. The Hall–Kier alpha value is -1.34. The number of carbonyl (C=O) groups is 1. The second kappa shape index (κ2) is 5.66. The summed E-state index contributed by atoms with van der Waals surface area (Å²) in [6.45, 7) is 1.95. The Morgan fingerprint density at radius 1 is 1.50 bits per heavy atom. The van der Waals surface area contributed by atoms with Crippen molar-refractivity contribution in [3.05, 3.63) is 34.4 Å². The van der Waals surface area contributed by atoms with Crippen molar-refractivity contribution in [2.24, 2.45) is 0 Å². The van der Waals surface area contributed by atoms with Gasteiger partial charge in [0.05, 0.1) is 18.1 Å². The number of carboxylic acids is 1. The summed E-state index contributed by atoms with van der Waals surface area (Å²) < 4.78 is 0. The number of carboxylic acid groups (broad SMARTS) is 1. The molecule has 0 spiro atoms. The predicted octanol–water partition coefficient (Wildman–Crippen LogP) is 2.64. The van der Waals surface area contributed by atoms with Crippen LogP contribution in [0.3, 0.4) is 0 Å². The van der Waals surface area contributed by atoms with Crippen LogP contribution in [-0.4, -0.2) is 11.1 Å². The van der Waals surface area contributed by atoms with Crippen LogP contribution in [0.4, 0.5) is 0 Å². The lowest BCUT2D eigenvalue weighted by molar-refractivity contribution is -0.136. The van der Waals surface area contributed by atoms with Gasteiger partial charge in [-0.25, -0.2) is 0 Å². The van der Waals surface area contributed by atoms with Crippen molar-refractivity contribution in [2.75, 3.05) is 0 Å². The minimum absolute atomic E-state index is 0.0995. The third kappa shape index (κ3) is 2.61. The molecule has 1 rings (SSSR count). The molecule has 0 aliphatic carbocycles. The first-order valence-electron chi connectivity index (χ1n) is 4.95. The third-order valence-corrected chi connectivity index (χ3v) is 3.06. The zero-order valence-electron chi connectivity index (χ0n) is 8.96. The average Bonchev–Trinajstić information content (AvgIpc) is 2.27. The van der Waals surface area contributed by atoms with Crippen molar-refractivity contribution >= 4 is 21.9 Å². The maximum Gasteiger partial charge on any atom is 0.307 e. The van der Waals surface area contributed by atoms with Gasteiger partial charge in [-0.3, -0.25) is 4.79 Å². The lowest BCUT2D eigenvalue weighted by atomic mass is 9.94. The number of alkyl halides is 1. The van der Waals surface area contributed by atoms with E-state index in [4.69, 9.17) is 10.4 Å². The molecule has 3 nitrogen and oxygen atoms in total. The third-order valence-electron chi connectivity index (χ3n) is 2.46. The molecule has 0 fully saturated rings. The van der Waals surface area contributed by atoms with E-state index in [1.165, 1.54) is 0 Å². The van der Waals surface area contributed by atoms with Gasteiger partial charge < -0.3 is 5.11 Å². The smallest absolute Gasteiger partial charge is 0.307 e. The molecule has 0 heterocycles. The van der Waals surface area contributed by atoms with E-state index >= 15 is 0 Å². The number of benzene rings is 1. The maximum absolute atomic E-state index is 10.8. The Balaban J connectivity index is 3.38. The molecule has 4 heteroatoms. The first-order chi connectivity index (χ1) is 7.63. The Labute approximate surface area is 103 Å². The zero-order valence-corrected chi connectivity index (χ0v) is 10.5. The fraction of sp³-hybridized carbons (Fsp3) is 0.333. The first-order valence-corrected chi connectivity index (χ1v) is 6.07. The Morgan fingerprint density at radius 2 is 2.12 bits per heavy atom. The fourth-order valence-corrected chi connectivity index (χ4v) is 2.18. The molecule has 1 aromatic carbocycles. The van der Waals surface area contributed by atoms with E-state index in [1.807, 2.05) is 19.1 Å². The number of halogens is 1. The first kappa shape index (κ1) is 12.7. The molecule has 0 amide bonds. The average molecular weight is 282 g/mol. The van der Waals surface area contributed by atoms with E-state index in [9.17, 15) is 4.79 Å². The predicted molar refractivity (Wildman–Crippen MR) is 64.5 cm³/mol. The second-order valence-electron chi connectivity index (χ2n) is 3.41. The van der Waals surface area contributed by atoms with Crippen LogP contribution in [0, 0.1) is 11.3 Å². The minimum atomic E-state index is -0.910. The van der Waals surface area contributed by atoms with Crippen LogP contribution in [0.2, 0.25) is 0 Å². The van der Waals surface area contributed by atoms with Gasteiger partial charge >= 0.3 is 5.97 Å². The van der Waals surface area contributed by atoms with Crippen LogP contribution < -0.4 is 0 Å². The summed E-state index contributed by atoms with van der Waals surface area (Å²) in [5, 5.41) is 18.5. The second-order valence-corrected chi connectivity index (χ2v) is 3.97. The molecule has 1 N–H and O–H groups in total. The summed E-state index contributed by atoms with van der Waals surface area (Å²) in [6.07, 6.45) is 0.635. The summed E-state index contributed by atoms with van der Waals surface area (Å²) in [4.78, 5) is 10.8. The van der Waals surface area contributed by atoms with Gasteiger partial charge in [-0.1, -0.05) is 35.0 Å². The number of hydrogen-bond acceptors (Lipinski definition) is 2. The maximum atomic E-state index is 10.8. The van der Waals surface area contributed by atoms with Gasteiger partial charge in [-0.05, 0) is 23.1 Å². The largest absolute Gasteiger partial charge is 0.481 e. The van der Waals surface area contributed by atoms with Crippen molar-refractivity contribution in [3.8, 4) is 6.07 Å². The molecule has 0 radical (unpaired) electrons. The zero-order chi connectivity index (χ0) is 12.1. The molecule has 0 saturated heterocycles. The van der Waals surface area contributed by atoms with Crippen LogP contribution >= 0.6 is 15.9 Å². The molecule has 0 aromatic heterocycles. The minimum Gasteiger partial charge on any atom is -0.481 e. The molecule has 16 heavy (non-hydrogen) atoms. The van der Waals surface area contributed by atoms with Gasteiger partial charge in [-0.15, -0.1) is 0 Å². The Morgan fingerprint density at radius 3 is 2.56 bits per heavy atom. The molecular weight excluding hydrogens is 270 g/mol. The monoisotopic (exact) mass is 281 g/mol. The highest BCUT2D eigenvalue weighted by Gasteiger charge is 2.14. The number of aliphatic carboxylic acids is 1. The summed E-state index contributed by atoms with van der Waals surface area (Å²) in [7, 11) is 0. The lowest BCUT2D eigenvalue weighted by Gasteiger charge is -2.10. The number of rotatable bonds is 4. The van der Waals surface area contributed by atoms with E-state index in [2.05, 4.69) is 22.0 Å². The number of aryl methyl sites for hydroxylation is 1. The van der Waals surface area contributed by atoms with Crippen molar-refractivity contribution < 1.29 is 9.90 Å². The van der Waals surface area contributed by atoms with Crippen LogP contribution in [0.25, 0.3) is 0 Å². The van der Waals surface area contributed by atoms with Crippen LogP contribution in [-0.2, 0) is 23.0 Å². The number of nitrogens with zero attached hydrogens (tertiary/aromatic N) is 1. The molecule has 0 aliphatic rings. The van der Waals surface area contributed by atoms with E-state index in [0.29, 0.717) is 16.5 Å². The summed E-state index contributed by atoms with van der Waals surface area (Å²) >= 11 is 3.31. The lowest BCUT2D eigenvalue weighted by Crippen LogP contribution is -2.07. The van der Waals surface area contributed by atoms with Crippen LogP contribution in [0.5, 0.6) is 0 Å². The number of hydrogen-bond donors (Lipinski definition) is 1. The van der Waals surface area contributed by atoms with Gasteiger partial charge in [0.15, 0.2) is 0 Å². The highest BCUT2D eigenvalue weighted by Crippen LogP contribution is 2.22. The van der Waals surface area contributed by atoms with Crippen LogP contribution in [0.15, 0.2) is 12.1 Å². The fourth-order valence-electron chi connectivity index (χ4n) is 1.65. The molecule has 1 aromatic rings. The highest BCUT2D eigenvalue weighted by atomic mass is 79.9. The van der Waals surface area contributed by atoms with Crippen molar-refractivity contribution in [3.63, 3.8) is 0 Å². The molecule has 0 atom stereocenters. The van der Waals surface area contributed by atoms with Crippen molar-refractivity contribution in [1.82, 2.24) is 0 Å². The normalized spacial score (nSPS) is 9.81. The van der Waals surface area contributed by atoms with E-state index in [1.54, 1.807) is 0 Å². The standard InChI is InChI=1S/C12H12BrNO2/c1-2-8-3-4-9(6-13)10(5-12(15)16)11(8)7-14/h3-4H,2,5-6H2,1H3,(H,15,16). The van der Waals surface area contributed by atoms with Gasteiger partial charge in [0.1, 0.15) is 0 Å². The summed E-state index contributed by atoms with van der Waals surface area (Å²) in [6, 6.07) is 5.88. The van der Waals surface area contributed by atoms with Crippen molar-refractivity contribution in [2.45, 2.75) is 25.1 Å². The van der Waals surface area contributed by atoms with Gasteiger partial charge in [-0.2, -0.15) is 5.26 Å². The Bertz CT molecular complexity index is 449.